The molecule has 1 heterocycles. The summed E-state index contributed by atoms with van der Waals surface area (Å²) in [6.07, 6.45) is 2.73. The normalized spacial score (nSPS) is 12.5. The van der Waals surface area contributed by atoms with Crippen molar-refractivity contribution in [2.24, 2.45) is 0 Å². The topological polar surface area (TPSA) is 96.0 Å². The molecule has 116 valence electrons. The van der Waals surface area contributed by atoms with Crippen LogP contribution < -0.4 is 5.32 Å². The number of amides is 1. The van der Waals surface area contributed by atoms with Crippen molar-refractivity contribution in [1.29, 1.82) is 5.26 Å². The minimum absolute atomic E-state index is 0.0863. The zero-order valence-corrected chi connectivity index (χ0v) is 13.3. The molecule has 6 nitrogen and oxygen atoms in total. The Balaban J connectivity index is 1.95. The summed E-state index contributed by atoms with van der Waals surface area (Å²) in [5.74, 6) is -0.621. The Morgan fingerprint density at radius 1 is 1.43 bits per heavy atom. The fourth-order valence-corrected chi connectivity index (χ4v) is 4.03. The number of nitrogens with one attached hydrogen (secondary N) is 1. The zero-order chi connectivity index (χ0) is 16.6. The highest BCUT2D eigenvalue weighted by atomic mass is 35.5. The van der Waals surface area contributed by atoms with Crippen LogP contribution >= 0.6 is 22.9 Å². The highest BCUT2D eigenvalue weighted by Crippen LogP contribution is 2.39. The van der Waals surface area contributed by atoms with Crippen LogP contribution in [0, 0.1) is 21.4 Å². The van der Waals surface area contributed by atoms with Crippen molar-refractivity contribution in [1.82, 2.24) is 0 Å². The second-order valence-corrected chi connectivity index (χ2v) is 6.59. The van der Waals surface area contributed by atoms with Crippen molar-refractivity contribution in [3.63, 3.8) is 0 Å². The molecule has 0 atom stereocenters. The molecule has 1 aliphatic rings. The molecular weight excluding hydrogens is 338 g/mol. The monoisotopic (exact) mass is 347 g/mol. The van der Waals surface area contributed by atoms with Crippen LogP contribution in [0.5, 0.6) is 0 Å². The summed E-state index contributed by atoms with van der Waals surface area (Å²) >= 11 is 7.11. The van der Waals surface area contributed by atoms with Gasteiger partial charge in [0.15, 0.2) is 0 Å². The molecule has 0 fully saturated rings. The van der Waals surface area contributed by atoms with Gasteiger partial charge in [0, 0.05) is 16.0 Å². The zero-order valence-electron chi connectivity index (χ0n) is 11.8. The molecule has 0 unspecified atom stereocenters. The van der Waals surface area contributed by atoms with E-state index in [4.69, 9.17) is 11.6 Å². The minimum atomic E-state index is -0.652. The number of nitro benzene ring substituents is 1. The lowest BCUT2D eigenvalue weighted by Gasteiger charge is -2.05. The summed E-state index contributed by atoms with van der Waals surface area (Å²) in [5, 5.41) is 23.7. The SMILES string of the molecule is N#Cc1c(NC(=O)c2ccc(Cl)cc2[N+](=O)[O-])sc2c1CCC2. The molecule has 1 aromatic carbocycles. The van der Waals surface area contributed by atoms with E-state index in [9.17, 15) is 20.2 Å². The van der Waals surface area contributed by atoms with Gasteiger partial charge in [0.05, 0.1) is 10.5 Å². The number of aryl methyl sites for hydroxylation is 1. The van der Waals surface area contributed by atoms with Crippen LogP contribution in [0.2, 0.25) is 5.02 Å². The number of carbonyl (C=O) groups excluding carboxylic acids is 1. The van der Waals surface area contributed by atoms with E-state index >= 15 is 0 Å². The van der Waals surface area contributed by atoms with Gasteiger partial charge in [0.2, 0.25) is 0 Å². The number of thiophene rings is 1. The highest BCUT2D eigenvalue weighted by Gasteiger charge is 2.26. The molecule has 1 amide bonds. The van der Waals surface area contributed by atoms with Gasteiger partial charge in [-0.05, 0) is 37.0 Å². The fraction of sp³-hybridized carbons (Fsp3) is 0.200. The van der Waals surface area contributed by atoms with Crippen LogP contribution in [0.3, 0.4) is 0 Å². The highest BCUT2D eigenvalue weighted by molar-refractivity contribution is 7.16. The number of hydrogen-bond donors (Lipinski definition) is 1. The number of halogens is 1. The second kappa shape index (κ2) is 5.99. The maximum Gasteiger partial charge on any atom is 0.283 e. The van der Waals surface area contributed by atoms with Gasteiger partial charge in [-0.25, -0.2) is 0 Å². The molecule has 3 rings (SSSR count). The Hall–Kier alpha value is -2.43. The predicted molar refractivity (Wildman–Crippen MR) is 87.1 cm³/mol. The molecule has 0 saturated heterocycles. The molecule has 0 spiro atoms. The van der Waals surface area contributed by atoms with Gasteiger partial charge in [-0.1, -0.05) is 11.6 Å². The Morgan fingerprint density at radius 2 is 2.22 bits per heavy atom. The van der Waals surface area contributed by atoms with Gasteiger partial charge < -0.3 is 5.32 Å². The number of nitro groups is 1. The first-order valence-electron chi connectivity index (χ1n) is 6.81. The van der Waals surface area contributed by atoms with Gasteiger partial charge >= 0.3 is 0 Å². The predicted octanol–water partition coefficient (Wildman–Crippen LogP) is 3.92. The van der Waals surface area contributed by atoms with E-state index in [1.54, 1.807) is 0 Å². The van der Waals surface area contributed by atoms with E-state index in [2.05, 4.69) is 11.4 Å². The summed E-state index contributed by atoms with van der Waals surface area (Å²) in [6, 6.07) is 5.98. The molecule has 0 bridgehead atoms. The minimum Gasteiger partial charge on any atom is -0.312 e. The molecule has 23 heavy (non-hydrogen) atoms. The Morgan fingerprint density at radius 3 is 2.91 bits per heavy atom. The first kappa shape index (κ1) is 15.5. The Bertz CT molecular complexity index is 870. The van der Waals surface area contributed by atoms with E-state index in [-0.39, 0.29) is 16.3 Å². The first-order chi connectivity index (χ1) is 11.0. The third-order valence-electron chi connectivity index (χ3n) is 3.66. The van der Waals surface area contributed by atoms with Crippen molar-refractivity contribution in [2.75, 3.05) is 5.32 Å². The molecule has 2 aromatic rings. The summed E-state index contributed by atoms with van der Waals surface area (Å²) in [5.41, 5.74) is 1.00. The summed E-state index contributed by atoms with van der Waals surface area (Å²) in [4.78, 5) is 23.9. The molecule has 1 N–H and O–H groups in total. The van der Waals surface area contributed by atoms with E-state index in [0.717, 1.165) is 35.8 Å². The quantitative estimate of drug-likeness (QED) is 0.672. The van der Waals surface area contributed by atoms with Crippen molar-refractivity contribution in [2.45, 2.75) is 19.3 Å². The number of hydrogen-bond acceptors (Lipinski definition) is 5. The molecule has 1 aliphatic carbocycles. The molecule has 0 aliphatic heterocycles. The lowest BCUT2D eigenvalue weighted by Crippen LogP contribution is -2.14. The number of anilines is 1. The van der Waals surface area contributed by atoms with Gasteiger partial charge in [-0.2, -0.15) is 5.26 Å². The fourth-order valence-electron chi connectivity index (χ4n) is 2.63. The maximum atomic E-state index is 12.4. The number of rotatable bonds is 3. The van der Waals surface area contributed by atoms with Gasteiger partial charge in [-0.3, -0.25) is 14.9 Å². The molecule has 8 heteroatoms. The van der Waals surface area contributed by atoms with E-state index < -0.39 is 10.8 Å². The summed E-state index contributed by atoms with van der Waals surface area (Å²) in [7, 11) is 0. The Labute approximate surface area is 140 Å². The van der Waals surface area contributed by atoms with Gasteiger partial charge in [0.1, 0.15) is 16.6 Å². The van der Waals surface area contributed by atoms with E-state index in [1.165, 1.54) is 23.5 Å². The van der Waals surface area contributed by atoms with Crippen LogP contribution in [-0.2, 0) is 12.8 Å². The third-order valence-corrected chi connectivity index (χ3v) is 5.10. The molecular formula is C15H10ClN3O3S. The largest absolute Gasteiger partial charge is 0.312 e. The van der Waals surface area contributed by atoms with Crippen LogP contribution in [0.1, 0.15) is 32.8 Å². The number of fused-ring (bicyclic) bond motifs is 1. The van der Waals surface area contributed by atoms with Gasteiger partial charge in [-0.15, -0.1) is 11.3 Å². The average molecular weight is 348 g/mol. The lowest BCUT2D eigenvalue weighted by atomic mass is 10.1. The lowest BCUT2D eigenvalue weighted by molar-refractivity contribution is -0.385. The van der Waals surface area contributed by atoms with Crippen LogP contribution in [0.15, 0.2) is 18.2 Å². The average Bonchev–Trinajstić information content (AvgIpc) is 3.07. The van der Waals surface area contributed by atoms with Crippen molar-refractivity contribution < 1.29 is 9.72 Å². The first-order valence-corrected chi connectivity index (χ1v) is 8.00. The standard InChI is InChI=1S/C15H10ClN3O3S/c16-8-4-5-10(12(6-8)19(21)22)14(20)18-15-11(7-17)9-2-1-3-13(9)23-15/h4-6H,1-3H2,(H,18,20). The van der Waals surface area contributed by atoms with E-state index in [0.29, 0.717) is 10.6 Å². The van der Waals surface area contributed by atoms with Crippen LogP contribution in [-0.4, -0.2) is 10.8 Å². The third kappa shape index (κ3) is 2.79. The number of benzene rings is 1. The summed E-state index contributed by atoms with van der Waals surface area (Å²) in [6.45, 7) is 0. The summed E-state index contributed by atoms with van der Waals surface area (Å²) < 4.78 is 0. The van der Waals surface area contributed by atoms with E-state index in [1.807, 2.05) is 0 Å². The number of nitriles is 1. The molecule has 1 aromatic heterocycles. The smallest absolute Gasteiger partial charge is 0.283 e. The van der Waals surface area contributed by atoms with Crippen molar-refractivity contribution in [3.8, 4) is 6.07 Å². The van der Waals surface area contributed by atoms with Crippen LogP contribution in [0.25, 0.3) is 0 Å². The molecule has 0 radical (unpaired) electrons. The second-order valence-electron chi connectivity index (χ2n) is 5.05. The van der Waals surface area contributed by atoms with Crippen molar-refractivity contribution >= 4 is 39.5 Å². The van der Waals surface area contributed by atoms with Crippen molar-refractivity contribution in [3.05, 3.63) is 54.9 Å². The van der Waals surface area contributed by atoms with Gasteiger partial charge in [0.25, 0.3) is 11.6 Å². The van der Waals surface area contributed by atoms with Crippen LogP contribution in [0.4, 0.5) is 10.7 Å². The molecule has 0 saturated carbocycles. The Kier molecular flexibility index (Phi) is 4.03. The maximum absolute atomic E-state index is 12.4. The number of carbonyl (C=O) groups is 1. The number of nitrogens with zero attached hydrogens (tertiary/aromatic N) is 2.